The summed E-state index contributed by atoms with van der Waals surface area (Å²) in [6.07, 6.45) is 3.00. The first-order valence-electron chi connectivity index (χ1n) is 7.70. The minimum atomic E-state index is 0.0532. The van der Waals surface area contributed by atoms with E-state index >= 15 is 0 Å². The Hall–Kier alpha value is -0.280. The zero-order valence-corrected chi connectivity index (χ0v) is 15.4. The van der Waals surface area contributed by atoms with Crippen LogP contribution in [-0.4, -0.2) is 37.1 Å². The smallest absolute Gasteiger partial charge is 0.0453 e. The van der Waals surface area contributed by atoms with E-state index in [2.05, 4.69) is 45.1 Å². The molecule has 0 saturated heterocycles. The highest BCUT2D eigenvalue weighted by atomic mass is 35.5. The van der Waals surface area contributed by atoms with Crippen molar-refractivity contribution in [2.75, 3.05) is 20.6 Å². The Bertz CT molecular complexity index is 428. The Morgan fingerprint density at radius 1 is 1.19 bits per heavy atom. The van der Waals surface area contributed by atoms with E-state index in [4.69, 9.17) is 23.2 Å². The van der Waals surface area contributed by atoms with E-state index in [9.17, 15) is 0 Å². The van der Waals surface area contributed by atoms with Crippen molar-refractivity contribution in [3.63, 3.8) is 0 Å². The van der Waals surface area contributed by atoms with E-state index in [1.54, 1.807) is 0 Å². The maximum absolute atomic E-state index is 6.35. The van der Waals surface area contributed by atoms with E-state index < -0.39 is 0 Å². The van der Waals surface area contributed by atoms with E-state index in [0.29, 0.717) is 6.04 Å². The summed E-state index contributed by atoms with van der Waals surface area (Å²) in [5.41, 5.74) is 1.09. The maximum Gasteiger partial charge on any atom is 0.0453 e. The van der Waals surface area contributed by atoms with Crippen molar-refractivity contribution in [2.24, 2.45) is 0 Å². The second-order valence-electron chi connectivity index (χ2n) is 6.02. The standard InChI is InChI=1S/C17H28Cl2N2/c1-6-11-20-16(17(3,7-2)21(4)5)12-13-14(18)9-8-10-15(13)19/h8-10,16,20H,6-7,11-12H2,1-5H3. The van der Waals surface area contributed by atoms with Crippen molar-refractivity contribution in [3.8, 4) is 0 Å². The van der Waals surface area contributed by atoms with Crippen LogP contribution in [0.2, 0.25) is 10.0 Å². The number of nitrogens with one attached hydrogen (secondary N) is 1. The molecule has 120 valence electrons. The average molecular weight is 331 g/mol. The Morgan fingerprint density at radius 3 is 2.19 bits per heavy atom. The van der Waals surface area contributed by atoms with Gasteiger partial charge in [-0.15, -0.1) is 0 Å². The summed E-state index contributed by atoms with van der Waals surface area (Å²) in [6, 6.07) is 6.03. The highest BCUT2D eigenvalue weighted by Gasteiger charge is 2.35. The third-order valence-corrected chi connectivity index (χ3v) is 5.31. The van der Waals surface area contributed by atoms with Gasteiger partial charge in [-0.25, -0.2) is 0 Å². The first kappa shape index (κ1) is 18.8. The molecule has 0 heterocycles. The van der Waals surface area contributed by atoms with Gasteiger partial charge in [0.2, 0.25) is 0 Å². The molecule has 0 spiro atoms. The molecule has 0 radical (unpaired) electrons. The number of likely N-dealkylation sites (N-methyl/N-ethyl adjacent to an activating group) is 1. The van der Waals surface area contributed by atoms with E-state index in [1.165, 1.54) is 0 Å². The Balaban J connectivity index is 3.08. The number of rotatable bonds is 8. The van der Waals surface area contributed by atoms with Crippen molar-refractivity contribution >= 4 is 23.2 Å². The van der Waals surface area contributed by atoms with Gasteiger partial charge in [0.25, 0.3) is 0 Å². The molecule has 4 heteroatoms. The molecule has 1 aromatic rings. The van der Waals surface area contributed by atoms with Gasteiger partial charge < -0.3 is 10.2 Å². The van der Waals surface area contributed by atoms with Crippen LogP contribution in [0.25, 0.3) is 0 Å². The highest BCUT2D eigenvalue weighted by Crippen LogP contribution is 2.30. The molecule has 1 aromatic carbocycles. The Labute approximate surface area is 139 Å². The molecular weight excluding hydrogens is 303 g/mol. The van der Waals surface area contributed by atoms with E-state index in [-0.39, 0.29) is 5.54 Å². The Kier molecular flexibility index (Phi) is 7.49. The molecule has 2 atom stereocenters. The van der Waals surface area contributed by atoms with Crippen LogP contribution in [0, 0.1) is 0 Å². The lowest BCUT2D eigenvalue weighted by Crippen LogP contribution is -2.58. The minimum Gasteiger partial charge on any atom is -0.312 e. The van der Waals surface area contributed by atoms with Gasteiger partial charge in [-0.3, -0.25) is 0 Å². The summed E-state index contributed by atoms with van der Waals surface area (Å²) in [5.74, 6) is 0. The first-order valence-corrected chi connectivity index (χ1v) is 8.46. The van der Waals surface area contributed by atoms with Gasteiger partial charge in [-0.05, 0) is 64.5 Å². The Morgan fingerprint density at radius 2 is 1.76 bits per heavy atom. The molecule has 0 amide bonds. The number of hydrogen-bond acceptors (Lipinski definition) is 2. The number of hydrogen-bond donors (Lipinski definition) is 1. The third-order valence-electron chi connectivity index (χ3n) is 4.60. The van der Waals surface area contributed by atoms with Crippen molar-refractivity contribution in [1.29, 1.82) is 0 Å². The number of benzene rings is 1. The van der Waals surface area contributed by atoms with Crippen molar-refractivity contribution in [1.82, 2.24) is 10.2 Å². The first-order chi connectivity index (χ1) is 9.86. The summed E-state index contributed by atoms with van der Waals surface area (Å²) in [6.45, 7) is 7.71. The van der Waals surface area contributed by atoms with Crippen LogP contribution in [0.4, 0.5) is 0 Å². The van der Waals surface area contributed by atoms with Crippen LogP contribution >= 0.6 is 23.2 Å². The van der Waals surface area contributed by atoms with Crippen LogP contribution in [0.3, 0.4) is 0 Å². The lowest BCUT2D eigenvalue weighted by molar-refractivity contribution is 0.112. The topological polar surface area (TPSA) is 15.3 Å². The minimum absolute atomic E-state index is 0.0532. The van der Waals surface area contributed by atoms with Gasteiger partial charge in [0.05, 0.1) is 0 Å². The fourth-order valence-electron chi connectivity index (χ4n) is 2.64. The van der Waals surface area contributed by atoms with Crippen LogP contribution < -0.4 is 5.32 Å². The second kappa shape index (κ2) is 8.38. The van der Waals surface area contributed by atoms with Gasteiger partial charge in [-0.1, -0.05) is 43.1 Å². The number of nitrogens with zero attached hydrogens (tertiary/aromatic N) is 1. The van der Waals surface area contributed by atoms with Gasteiger partial charge in [0.1, 0.15) is 0 Å². The SMILES string of the molecule is CCCNC(Cc1c(Cl)cccc1Cl)C(C)(CC)N(C)C. The van der Waals surface area contributed by atoms with Gasteiger partial charge in [0.15, 0.2) is 0 Å². The fraction of sp³-hybridized carbons (Fsp3) is 0.647. The molecule has 1 rings (SSSR count). The zero-order valence-electron chi connectivity index (χ0n) is 13.8. The molecular formula is C17H28Cl2N2. The summed E-state index contributed by atoms with van der Waals surface area (Å²) in [7, 11) is 4.27. The van der Waals surface area contributed by atoms with Crippen molar-refractivity contribution < 1.29 is 0 Å². The molecule has 0 aliphatic rings. The molecule has 0 aliphatic heterocycles. The molecule has 0 aromatic heterocycles. The van der Waals surface area contributed by atoms with Crippen LogP contribution in [0.15, 0.2) is 18.2 Å². The normalized spacial score (nSPS) is 16.0. The molecule has 1 N–H and O–H groups in total. The van der Waals surface area contributed by atoms with Crippen LogP contribution in [-0.2, 0) is 6.42 Å². The maximum atomic E-state index is 6.35. The van der Waals surface area contributed by atoms with E-state index in [1.807, 2.05) is 18.2 Å². The van der Waals surface area contributed by atoms with Crippen molar-refractivity contribution in [3.05, 3.63) is 33.8 Å². The zero-order chi connectivity index (χ0) is 16.0. The van der Waals surface area contributed by atoms with E-state index in [0.717, 1.165) is 41.4 Å². The molecule has 0 aliphatic carbocycles. The molecule has 0 fully saturated rings. The summed E-state index contributed by atoms with van der Waals surface area (Å²) in [4.78, 5) is 2.30. The predicted octanol–water partition coefficient (Wildman–Crippen LogP) is 4.63. The van der Waals surface area contributed by atoms with Gasteiger partial charge in [0, 0.05) is 21.6 Å². The number of halogens is 2. The highest BCUT2D eigenvalue weighted by molar-refractivity contribution is 6.36. The largest absolute Gasteiger partial charge is 0.312 e. The lowest BCUT2D eigenvalue weighted by Gasteiger charge is -2.43. The van der Waals surface area contributed by atoms with Gasteiger partial charge >= 0.3 is 0 Å². The molecule has 21 heavy (non-hydrogen) atoms. The fourth-order valence-corrected chi connectivity index (χ4v) is 3.19. The lowest BCUT2D eigenvalue weighted by atomic mass is 9.84. The average Bonchev–Trinajstić information content (AvgIpc) is 2.45. The quantitative estimate of drug-likeness (QED) is 0.747. The molecule has 0 saturated carbocycles. The summed E-state index contributed by atoms with van der Waals surface area (Å²) >= 11 is 12.7. The molecule has 2 unspecified atom stereocenters. The van der Waals surface area contributed by atoms with Gasteiger partial charge in [-0.2, -0.15) is 0 Å². The predicted molar refractivity (Wildman–Crippen MR) is 94.6 cm³/mol. The summed E-state index contributed by atoms with van der Waals surface area (Å²) in [5, 5.41) is 5.19. The van der Waals surface area contributed by atoms with Crippen LogP contribution in [0.1, 0.15) is 39.2 Å². The van der Waals surface area contributed by atoms with Crippen LogP contribution in [0.5, 0.6) is 0 Å². The molecule has 0 bridgehead atoms. The third kappa shape index (κ3) is 4.59. The summed E-state index contributed by atoms with van der Waals surface area (Å²) < 4.78 is 0. The molecule has 2 nitrogen and oxygen atoms in total. The van der Waals surface area contributed by atoms with Crippen molar-refractivity contribution in [2.45, 2.75) is 51.6 Å². The second-order valence-corrected chi connectivity index (χ2v) is 6.83. The monoisotopic (exact) mass is 330 g/mol.